The van der Waals surface area contributed by atoms with Crippen LogP contribution in [0.25, 0.3) is 0 Å². The summed E-state index contributed by atoms with van der Waals surface area (Å²) in [4.78, 5) is 0. The van der Waals surface area contributed by atoms with Crippen LogP contribution in [-0.4, -0.2) is 54.1 Å². The average molecular weight is 170 g/mol. The molecule has 68 valence electrons. The van der Waals surface area contributed by atoms with Gasteiger partial charge in [0.25, 0.3) is 0 Å². The molecular weight excluding hydrogens is 154 g/mol. The molecule has 3 nitrogen and oxygen atoms in total. The molecule has 4 fully saturated rings. The van der Waals surface area contributed by atoms with Crippen LogP contribution in [0.1, 0.15) is 12.8 Å². The summed E-state index contributed by atoms with van der Waals surface area (Å²) in [7, 11) is 4.45. The maximum Gasteiger partial charge on any atom is 0.141 e. The smallest absolute Gasteiger partial charge is 0.141 e. The van der Waals surface area contributed by atoms with E-state index in [0.717, 1.165) is 17.3 Å². The van der Waals surface area contributed by atoms with Crippen molar-refractivity contribution in [2.75, 3.05) is 14.1 Å². The Labute approximate surface area is 72.5 Å². The number of aliphatic hydroxyl groups is 1. The molecule has 0 aromatic heterocycles. The van der Waals surface area contributed by atoms with Crippen molar-refractivity contribution in [2.24, 2.45) is 0 Å². The Morgan fingerprint density at radius 1 is 1.25 bits per heavy atom. The van der Waals surface area contributed by atoms with Gasteiger partial charge in [-0.3, -0.25) is 0 Å². The minimum atomic E-state index is -0.205. The van der Waals surface area contributed by atoms with Crippen molar-refractivity contribution in [1.29, 1.82) is 0 Å². The van der Waals surface area contributed by atoms with E-state index in [1.54, 1.807) is 0 Å². The lowest BCUT2D eigenvalue weighted by Crippen LogP contribution is -2.56. The van der Waals surface area contributed by atoms with E-state index in [2.05, 4.69) is 14.1 Å². The highest BCUT2D eigenvalue weighted by Crippen LogP contribution is 2.48. The molecule has 4 bridgehead atoms. The summed E-state index contributed by atoms with van der Waals surface area (Å²) in [6.07, 6.45) is 2.61. The first kappa shape index (κ1) is 7.30. The van der Waals surface area contributed by atoms with E-state index in [1.165, 1.54) is 0 Å². The van der Waals surface area contributed by atoms with Crippen molar-refractivity contribution in [3.05, 3.63) is 0 Å². The Morgan fingerprint density at radius 3 is 2.50 bits per heavy atom. The predicted octanol–water partition coefficient (Wildman–Crippen LogP) is -0.264. The highest BCUT2D eigenvalue weighted by Gasteiger charge is 2.66. The van der Waals surface area contributed by atoms with Crippen LogP contribution in [0.15, 0.2) is 0 Å². The topological polar surface area (TPSA) is 29.5 Å². The summed E-state index contributed by atoms with van der Waals surface area (Å²) >= 11 is 0. The highest BCUT2D eigenvalue weighted by atomic mass is 16.5. The van der Waals surface area contributed by atoms with Gasteiger partial charge in [0.2, 0.25) is 0 Å². The molecular formula is C9H16NO2+. The summed E-state index contributed by atoms with van der Waals surface area (Å²) in [5, 5.41) is 9.90. The van der Waals surface area contributed by atoms with Gasteiger partial charge in [0, 0.05) is 12.8 Å². The van der Waals surface area contributed by atoms with E-state index in [1.807, 2.05) is 0 Å². The molecule has 0 aromatic carbocycles. The molecule has 4 saturated heterocycles. The monoisotopic (exact) mass is 170 g/mol. The lowest BCUT2D eigenvalue weighted by Gasteiger charge is -2.41. The number of hydrogen-bond donors (Lipinski definition) is 1. The van der Waals surface area contributed by atoms with Crippen molar-refractivity contribution in [1.82, 2.24) is 0 Å². The van der Waals surface area contributed by atoms with Crippen molar-refractivity contribution < 1.29 is 14.3 Å². The Bertz CT molecular complexity index is 225. The largest absolute Gasteiger partial charge is 0.384 e. The van der Waals surface area contributed by atoms with Gasteiger partial charge < -0.3 is 14.3 Å². The van der Waals surface area contributed by atoms with E-state index in [-0.39, 0.29) is 12.2 Å². The highest BCUT2D eigenvalue weighted by molar-refractivity contribution is 5.04. The average Bonchev–Trinajstić information content (AvgIpc) is 2.39. The third-order valence-corrected chi connectivity index (χ3v) is 4.18. The van der Waals surface area contributed by atoms with Crippen LogP contribution in [0.2, 0.25) is 0 Å². The van der Waals surface area contributed by atoms with E-state index < -0.39 is 0 Å². The van der Waals surface area contributed by atoms with Gasteiger partial charge in [-0.1, -0.05) is 0 Å². The van der Waals surface area contributed by atoms with Gasteiger partial charge in [0.1, 0.15) is 24.3 Å². The maximum atomic E-state index is 9.90. The summed E-state index contributed by atoms with van der Waals surface area (Å²) in [6.45, 7) is 0. The number of aliphatic hydroxyl groups excluding tert-OH is 1. The number of rotatable bonds is 0. The molecule has 0 spiro atoms. The number of hydrogen-bond acceptors (Lipinski definition) is 2. The molecule has 3 heteroatoms. The summed E-state index contributed by atoms with van der Waals surface area (Å²) in [5.41, 5.74) is 0. The van der Waals surface area contributed by atoms with Crippen LogP contribution in [-0.2, 0) is 4.74 Å². The first-order valence-corrected chi connectivity index (χ1v) is 4.77. The molecule has 4 heterocycles. The Hall–Kier alpha value is -0.120. The lowest BCUT2D eigenvalue weighted by molar-refractivity contribution is -0.930. The molecule has 1 N–H and O–H groups in total. The number of quaternary nitrogens is 1. The molecule has 0 saturated carbocycles. The zero-order chi connectivity index (χ0) is 8.51. The van der Waals surface area contributed by atoms with Gasteiger partial charge in [0.05, 0.1) is 20.2 Å². The van der Waals surface area contributed by atoms with Crippen molar-refractivity contribution in [3.63, 3.8) is 0 Å². The van der Waals surface area contributed by atoms with E-state index in [0.29, 0.717) is 18.2 Å². The van der Waals surface area contributed by atoms with Gasteiger partial charge >= 0.3 is 0 Å². The second-order valence-electron chi connectivity index (χ2n) is 4.95. The minimum Gasteiger partial charge on any atom is -0.384 e. The molecule has 0 aliphatic carbocycles. The number of nitrogens with zero attached hydrogens (tertiary/aromatic N) is 1. The van der Waals surface area contributed by atoms with Gasteiger partial charge in [-0.15, -0.1) is 0 Å². The number of piperidine rings is 1. The molecule has 0 amide bonds. The number of ether oxygens (including phenoxy) is 1. The van der Waals surface area contributed by atoms with Gasteiger partial charge in [-0.25, -0.2) is 0 Å². The standard InChI is InChI=1S/C9H16NO2/c1-10(2)6-3-5-4-7(10)9(12-5)8(6)11/h5-9,11H,3-4H2,1-2H3/q+1/t5-,6-,7+,8-,9-/m0/s1. The molecule has 4 aliphatic rings. The second kappa shape index (κ2) is 1.86. The SMILES string of the molecule is C[N+]1(C)[C@@H]2C[C@@H]3C[C@H]1[C@H](O)[C@H]2O3. The second-order valence-corrected chi connectivity index (χ2v) is 4.95. The third-order valence-electron chi connectivity index (χ3n) is 4.18. The van der Waals surface area contributed by atoms with E-state index >= 15 is 0 Å². The van der Waals surface area contributed by atoms with Crippen molar-refractivity contribution in [2.45, 2.75) is 43.2 Å². The van der Waals surface area contributed by atoms with Crippen LogP contribution in [0.4, 0.5) is 0 Å². The summed E-state index contributed by atoms with van der Waals surface area (Å²) < 4.78 is 6.71. The quantitative estimate of drug-likeness (QED) is 0.507. The van der Waals surface area contributed by atoms with Crippen molar-refractivity contribution >= 4 is 0 Å². The summed E-state index contributed by atoms with van der Waals surface area (Å²) in [6, 6.07) is 0.997. The molecule has 0 unspecified atom stereocenters. The summed E-state index contributed by atoms with van der Waals surface area (Å²) in [5.74, 6) is 0. The van der Waals surface area contributed by atoms with Crippen LogP contribution >= 0.6 is 0 Å². The maximum absolute atomic E-state index is 9.90. The normalized spacial score (nSPS) is 59.8. The number of likely N-dealkylation sites (N-methyl/N-ethyl adjacent to an activating group) is 1. The zero-order valence-electron chi connectivity index (χ0n) is 7.60. The third kappa shape index (κ3) is 0.605. The zero-order valence-corrected chi connectivity index (χ0v) is 7.60. The van der Waals surface area contributed by atoms with Gasteiger partial charge in [0.15, 0.2) is 0 Å². The Kier molecular flexibility index (Phi) is 1.13. The van der Waals surface area contributed by atoms with Crippen LogP contribution in [0.3, 0.4) is 0 Å². The molecule has 4 rings (SSSR count). The first-order valence-electron chi connectivity index (χ1n) is 4.77. The molecule has 0 aromatic rings. The molecule has 4 aliphatic heterocycles. The Morgan fingerprint density at radius 2 is 1.92 bits per heavy atom. The van der Waals surface area contributed by atoms with E-state index in [4.69, 9.17) is 4.74 Å². The fraction of sp³-hybridized carbons (Fsp3) is 1.00. The Balaban J connectivity index is 2.06. The van der Waals surface area contributed by atoms with Crippen LogP contribution < -0.4 is 0 Å². The lowest BCUT2D eigenvalue weighted by atomic mass is 9.98. The first-order chi connectivity index (χ1) is 5.60. The molecule has 0 radical (unpaired) electrons. The van der Waals surface area contributed by atoms with Gasteiger partial charge in [-0.05, 0) is 0 Å². The fourth-order valence-corrected chi connectivity index (χ4v) is 3.42. The van der Waals surface area contributed by atoms with Crippen LogP contribution in [0, 0.1) is 0 Å². The van der Waals surface area contributed by atoms with Crippen LogP contribution in [0.5, 0.6) is 0 Å². The van der Waals surface area contributed by atoms with Crippen molar-refractivity contribution in [3.8, 4) is 0 Å². The minimum absolute atomic E-state index is 0.142. The molecule has 12 heavy (non-hydrogen) atoms. The predicted molar refractivity (Wildman–Crippen MR) is 43.6 cm³/mol. The van der Waals surface area contributed by atoms with Gasteiger partial charge in [-0.2, -0.15) is 0 Å². The van der Waals surface area contributed by atoms with E-state index in [9.17, 15) is 5.11 Å². The fourth-order valence-electron chi connectivity index (χ4n) is 3.42. The molecule has 5 atom stereocenters.